The SMILES string of the molecule is N#Cc1ccsc1NC(=O)CN1CCCC(CO)C1. The van der Waals surface area contributed by atoms with Gasteiger partial charge >= 0.3 is 0 Å². The zero-order chi connectivity index (χ0) is 13.7. The van der Waals surface area contributed by atoms with E-state index < -0.39 is 0 Å². The first-order valence-corrected chi connectivity index (χ1v) is 7.21. The van der Waals surface area contributed by atoms with Crippen molar-refractivity contribution in [3.63, 3.8) is 0 Å². The molecule has 0 aromatic carbocycles. The van der Waals surface area contributed by atoms with E-state index in [4.69, 9.17) is 10.4 Å². The van der Waals surface area contributed by atoms with Crippen LogP contribution in [0.4, 0.5) is 5.00 Å². The van der Waals surface area contributed by atoms with E-state index >= 15 is 0 Å². The summed E-state index contributed by atoms with van der Waals surface area (Å²) in [7, 11) is 0. The van der Waals surface area contributed by atoms with Gasteiger partial charge in [-0.25, -0.2) is 0 Å². The third kappa shape index (κ3) is 3.77. The molecule has 2 N–H and O–H groups in total. The normalized spacial score (nSPS) is 19.9. The number of nitriles is 1. The molecule has 1 aromatic heterocycles. The van der Waals surface area contributed by atoms with Crippen molar-refractivity contribution in [1.29, 1.82) is 5.26 Å². The summed E-state index contributed by atoms with van der Waals surface area (Å²) in [6.07, 6.45) is 2.04. The Balaban J connectivity index is 1.86. The number of hydrogen-bond donors (Lipinski definition) is 2. The molecule has 102 valence electrons. The van der Waals surface area contributed by atoms with Gasteiger partial charge in [0.1, 0.15) is 11.1 Å². The maximum atomic E-state index is 11.9. The van der Waals surface area contributed by atoms with Crippen molar-refractivity contribution in [3.05, 3.63) is 17.0 Å². The smallest absolute Gasteiger partial charge is 0.239 e. The second-order valence-electron chi connectivity index (χ2n) is 4.75. The van der Waals surface area contributed by atoms with Gasteiger partial charge in [-0.3, -0.25) is 9.69 Å². The highest BCUT2D eigenvalue weighted by Crippen LogP contribution is 2.22. The molecule has 0 spiro atoms. The maximum absolute atomic E-state index is 11.9. The van der Waals surface area contributed by atoms with Crippen LogP contribution in [0.3, 0.4) is 0 Å². The Morgan fingerprint density at radius 2 is 2.53 bits per heavy atom. The van der Waals surface area contributed by atoms with Gasteiger partial charge in [-0.15, -0.1) is 11.3 Å². The van der Waals surface area contributed by atoms with E-state index in [0.717, 1.165) is 25.9 Å². The van der Waals surface area contributed by atoms with Crippen LogP contribution in [-0.2, 0) is 4.79 Å². The highest BCUT2D eigenvalue weighted by Gasteiger charge is 2.21. The number of rotatable bonds is 4. The average molecular weight is 279 g/mol. The number of amides is 1. The molecule has 1 aromatic rings. The molecule has 1 aliphatic rings. The van der Waals surface area contributed by atoms with Gasteiger partial charge in [0.2, 0.25) is 5.91 Å². The van der Waals surface area contributed by atoms with Gasteiger partial charge in [0.25, 0.3) is 0 Å². The molecule has 1 amide bonds. The number of nitrogens with zero attached hydrogens (tertiary/aromatic N) is 2. The van der Waals surface area contributed by atoms with Crippen molar-refractivity contribution >= 4 is 22.2 Å². The predicted molar refractivity (Wildman–Crippen MR) is 73.9 cm³/mol. The van der Waals surface area contributed by atoms with Crippen molar-refractivity contribution in [3.8, 4) is 6.07 Å². The fourth-order valence-corrected chi connectivity index (χ4v) is 3.06. The van der Waals surface area contributed by atoms with Crippen LogP contribution in [-0.4, -0.2) is 42.2 Å². The molecule has 0 saturated carbocycles. The number of aliphatic hydroxyl groups excluding tert-OH is 1. The fraction of sp³-hybridized carbons (Fsp3) is 0.538. The first-order chi connectivity index (χ1) is 9.22. The van der Waals surface area contributed by atoms with Crippen molar-refractivity contribution in [2.75, 3.05) is 31.6 Å². The second kappa shape index (κ2) is 6.66. The molecule has 1 atom stereocenters. The van der Waals surface area contributed by atoms with Crippen LogP contribution >= 0.6 is 11.3 Å². The molecular weight excluding hydrogens is 262 g/mol. The zero-order valence-corrected chi connectivity index (χ0v) is 11.4. The fourth-order valence-electron chi connectivity index (χ4n) is 2.31. The summed E-state index contributed by atoms with van der Waals surface area (Å²) in [6, 6.07) is 3.75. The van der Waals surface area contributed by atoms with Gasteiger partial charge in [-0.2, -0.15) is 5.26 Å². The van der Waals surface area contributed by atoms with Crippen LogP contribution in [0.2, 0.25) is 0 Å². The van der Waals surface area contributed by atoms with Gasteiger partial charge < -0.3 is 10.4 Å². The lowest BCUT2D eigenvalue weighted by molar-refractivity contribution is -0.117. The monoisotopic (exact) mass is 279 g/mol. The average Bonchev–Trinajstić information content (AvgIpc) is 2.86. The lowest BCUT2D eigenvalue weighted by Crippen LogP contribution is -2.41. The standard InChI is InChI=1S/C13H17N3O2S/c14-6-11-3-5-19-13(11)15-12(18)8-16-4-1-2-10(7-16)9-17/h3,5,10,17H,1-2,4,7-9H2,(H,15,18). The molecule has 5 nitrogen and oxygen atoms in total. The lowest BCUT2D eigenvalue weighted by atomic mass is 9.99. The van der Waals surface area contributed by atoms with E-state index in [1.807, 2.05) is 6.07 Å². The summed E-state index contributed by atoms with van der Waals surface area (Å²) < 4.78 is 0. The lowest BCUT2D eigenvalue weighted by Gasteiger charge is -2.31. The summed E-state index contributed by atoms with van der Waals surface area (Å²) in [6.45, 7) is 2.15. The van der Waals surface area contributed by atoms with Gasteiger partial charge in [-0.05, 0) is 36.8 Å². The summed E-state index contributed by atoms with van der Waals surface area (Å²) in [5.41, 5.74) is 0.505. The minimum Gasteiger partial charge on any atom is -0.396 e. The predicted octanol–water partition coefficient (Wildman–Crippen LogP) is 1.26. The number of thiophene rings is 1. The van der Waals surface area contributed by atoms with Crippen molar-refractivity contribution in [1.82, 2.24) is 4.90 Å². The largest absolute Gasteiger partial charge is 0.396 e. The van der Waals surface area contributed by atoms with Gasteiger partial charge in [-0.1, -0.05) is 0 Å². The van der Waals surface area contributed by atoms with Crippen LogP contribution in [0.25, 0.3) is 0 Å². The van der Waals surface area contributed by atoms with Gasteiger partial charge in [0.05, 0.1) is 12.1 Å². The molecular formula is C13H17N3O2S. The molecule has 2 heterocycles. The molecule has 1 fully saturated rings. The van der Waals surface area contributed by atoms with Crippen LogP contribution in [0.5, 0.6) is 0 Å². The number of carbonyl (C=O) groups excluding carboxylic acids is 1. The molecule has 1 saturated heterocycles. The molecule has 6 heteroatoms. The molecule has 19 heavy (non-hydrogen) atoms. The zero-order valence-electron chi connectivity index (χ0n) is 10.6. The Hall–Kier alpha value is -1.42. The number of piperidine rings is 1. The van der Waals surface area contributed by atoms with E-state index in [0.29, 0.717) is 17.1 Å². The summed E-state index contributed by atoms with van der Waals surface area (Å²) in [5.74, 6) is 0.176. The first-order valence-electron chi connectivity index (χ1n) is 6.33. The summed E-state index contributed by atoms with van der Waals surface area (Å²) >= 11 is 1.36. The van der Waals surface area contributed by atoms with E-state index in [1.54, 1.807) is 11.4 Å². The van der Waals surface area contributed by atoms with Crippen LogP contribution < -0.4 is 5.32 Å². The van der Waals surface area contributed by atoms with E-state index in [2.05, 4.69) is 10.2 Å². The van der Waals surface area contributed by atoms with E-state index in [-0.39, 0.29) is 18.4 Å². The minimum absolute atomic E-state index is 0.0995. The topological polar surface area (TPSA) is 76.4 Å². The third-order valence-electron chi connectivity index (χ3n) is 3.27. The van der Waals surface area contributed by atoms with Crippen LogP contribution in [0.15, 0.2) is 11.4 Å². The molecule has 0 radical (unpaired) electrons. The molecule has 0 aliphatic carbocycles. The Morgan fingerprint density at radius 1 is 1.68 bits per heavy atom. The number of aliphatic hydroxyl groups is 1. The Labute approximate surface area is 116 Å². The number of hydrogen-bond acceptors (Lipinski definition) is 5. The number of likely N-dealkylation sites (tertiary alicyclic amines) is 1. The molecule has 2 rings (SSSR count). The Kier molecular flexibility index (Phi) is 4.91. The van der Waals surface area contributed by atoms with Crippen molar-refractivity contribution in [2.45, 2.75) is 12.8 Å². The van der Waals surface area contributed by atoms with Crippen LogP contribution in [0.1, 0.15) is 18.4 Å². The van der Waals surface area contributed by atoms with Gasteiger partial charge in [0, 0.05) is 13.2 Å². The number of carbonyl (C=O) groups is 1. The molecule has 1 unspecified atom stereocenters. The highest BCUT2D eigenvalue weighted by molar-refractivity contribution is 7.14. The maximum Gasteiger partial charge on any atom is 0.239 e. The van der Waals surface area contributed by atoms with Crippen LogP contribution in [0, 0.1) is 17.2 Å². The van der Waals surface area contributed by atoms with Crippen molar-refractivity contribution in [2.24, 2.45) is 5.92 Å². The quantitative estimate of drug-likeness (QED) is 0.870. The second-order valence-corrected chi connectivity index (χ2v) is 5.67. The Bertz CT molecular complexity index is 480. The summed E-state index contributed by atoms with van der Waals surface area (Å²) in [4.78, 5) is 14.0. The highest BCUT2D eigenvalue weighted by atomic mass is 32.1. The van der Waals surface area contributed by atoms with E-state index in [1.165, 1.54) is 11.3 Å². The van der Waals surface area contributed by atoms with Gasteiger partial charge in [0.15, 0.2) is 0 Å². The van der Waals surface area contributed by atoms with E-state index in [9.17, 15) is 4.79 Å². The molecule has 0 bridgehead atoms. The number of anilines is 1. The minimum atomic E-state index is -0.0995. The number of nitrogens with one attached hydrogen (secondary N) is 1. The molecule has 1 aliphatic heterocycles. The third-order valence-corrected chi connectivity index (χ3v) is 4.10. The summed E-state index contributed by atoms with van der Waals surface area (Å²) in [5, 5.41) is 23.2. The Morgan fingerprint density at radius 3 is 3.26 bits per heavy atom. The first kappa shape index (κ1) is 14.0. The van der Waals surface area contributed by atoms with Crippen molar-refractivity contribution < 1.29 is 9.90 Å².